The van der Waals surface area contributed by atoms with Crippen LogP contribution in [-0.4, -0.2) is 27.3 Å². The highest BCUT2D eigenvalue weighted by molar-refractivity contribution is 7.90. The van der Waals surface area contributed by atoms with Gasteiger partial charge in [-0.25, -0.2) is 13.8 Å². The molecular formula is C13H19ClF2N2O2S. The number of halogens is 3. The second kappa shape index (κ2) is 7.58. The maximum atomic E-state index is 12.1. The summed E-state index contributed by atoms with van der Waals surface area (Å²) >= 11 is 4.71. The molecule has 0 aliphatic carbocycles. The third-order valence-electron chi connectivity index (χ3n) is 2.51. The molecule has 1 rings (SSSR count). The molecule has 0 aromatic carbocycles. The highest BCUT2D eigenvalue weighted by Crippen LogP contribution is 2.26. The van der Waals surface area contributed by atoms with Gasteiger partial charge in [-0.3, -0.25) is 0 Å². The molecule has 0 spiro atoms. The SMILES string of the molecule is CC(N[S+]([O-])C(C)(C)C)c1cnc(OCC(F)F)c(Cl)c1. The molecule has 0 fully saturated rings. The lowest BCUT2D eigenvalue weighted by Crippen LogP contribution is -2.40. The van der Waals surface area contributed by atoms with Crippen LogP contribution in [0.5, 0.6) is 5.88 Å². The van der Waals surface area contributed by atoms with Gasteiger partial charge in [-0.15, -0.1) is 4.72 Å². The maximum absolute atomic E-state index is 12.1. The first-order valence-corrected chi connectivity index (χ1v) is 7.88. The molecule has 1 N–H and O–H groups in total. The van der Waals surface area contributed by atoms with Crippen LogP contribution in [0.25, 0.3) is 0 Å². The predicted octanol–water partition coefficient (Wildman–Crippen LogP) is 3.49. The van der Waals surface area contributed by atoms with Gasteiger partial charge in [0.15, 0.2) is 6.61 Å². The molecule has 0 aliphatic rings. The van der Waals surface area contributed by atoms with E-state index in [1.807, 2.05) is 27.7 Å². The van der Waals surface area contributed by atoms with Crippen LogP contribution in [0.2, 0.25) is 5.02 Å². The molecule has 0 saturated carbocycles. The summed E-state index contributed by atoms with van der Waals surface area (Å²) in [6, 6.07) is 1.31. The molecule has 1 aromatic heterocycles. The zero-order valence-electron chi connectivity index (χ0n) is 12.3. The fraction of sp³-hybridized carbons (Fsp3) is 0.615. The van der Waals surface area contributed by atoms with E-state index < -0.39 is 29.1 Å². The highest BCUT2D eigenvalue weighted by atomic mass is 35.5. The summed E-state index contributed by atoms with van der Waals surface area (Å²) in [6.07, 6.45) is -1.12. The summed E-state index contributed by atoms with van der Waals surface area (Å²) < 4.78 is 43.5. The van der Waals surface area contributed by atoms with E-state index in [2.05, 4.69) is 9.71 Å². The first kappa shape index (κ1) is 18.4. The number of nitrogens with one attached hydrogen (secondary N) is 1. The number of aromatic nitrogens is 1. The van der Waals surface area contributed by atoms with E-state index in [1.165, 1.54) is 6.20 Å². The van der Waals surface area contributed by atoms with Crippen molar-refractivity contribution in [2.24, 2.45) is 0 Å². The van der Waals surface area contributed by atoms with Crippen molar-refractivity contribution in [1.29, 1.82) is 0 Å². The van der Waals surface area contributed by atoms with Gasteiger partial charge in [-0.1, -0.05) is 11.6 Å². The van der Waals surface area contributed by atoms with Crippen molar-refractivity contribution in [1.82, 2.24) is 9.71 Å². The Hall–Kier alpha value is -0.630. The smallest absolute Gasteiger partial charge is 0.272 e. The van der Waals surface area contributed by atoms with Crippen LogP contribution in [0.3, 0.4) is 0 Å². The second-order valence-corrected chi connectivity index (χ2v) is 7.88. The minimum Gasteiger partial charge on any atom is -0.598 e. The predicted molar refractivity (Wildman–Crippen MR) is 80.2 cm³/mol. The summed E-state index contributed by atoms with van der Waals surface area (Å²) in [7, 11) is 0. The van der Waals surface area contributed by atoms with Gasteiger partial charge in [-0.05, 0) is 39.3 Å². The van der Waals surface area contributed by atoms with Crippen molar-refractivity contribution in [2.75, 3.05) is 6.61 Å². The first-order valence-electron chi connectivity index (χ1n) is 6.35. The van der Waals surface area contributed by atoms with Gasteiger partial charge in [0, 0.05) is 17.6 Å². The average Bonchev–Trinajstić information content (AvgIpc) is 2.35. The lowest BCUT2D eigenvalue weighted by atomic mass is 10.2. The number of rotatable bonds is 6. The van der Waals surface area contributed by atoms with Gasteiger partial charge in [0.25, 0.3) is 6.43 Å². The molecule has 120 valence electrons. The minimum atomic E-state index is -2.59. The third kappa shape index (κ3) is 5.94. The number of hydrogen-bond donors (Lipinski definition) is 1. The lowest BCUT2D eigenvalue weighted by Gasteiger charge is -2.26. The number of alkyl halides is 2. The first-order chi connectivity index (χ1) is 9.61. The number of nitrogens with zero attached hydrogens (tertiary/aromatic N) is 1. The van der Waals surface area contributed by atoms with E-state index >= 15 is 0 Å². The fourth-order valence-corrected chi connectivity index (χ4v) is 2.37. The molecule has 0 bridgehead atoms. The lowest BCUT2D eigenvalue weighted by molar-refractivity contribution is 0.0796. The van der Waals surface area contributed by atoms with Crippen molar-refractivity contribution >= 4 is 23.0 Å². The Morgan fingerprint density at radius 3 is 2.57 bits per heavy atom. The van der Waals surface area contributed by atoms with Gasteiger partial charge in [0.05, 0.1) is 6.04 Å². The van der Waals surface area contributed by atoms with Crippen LogP contribution in [0.15, 0.2) is 12.3 Å². The molecule has 21 heavy (non-hydrogen) atoms. The van der Waals surface area contributed by atoms with Crippen LogP contribution < -0.4 is 9.46 Å². The number of pyridine rings is 1. The Morgan fingerprint density at radius 2 is 2.10 bits per heavy atom. The van der Waals surface area contributed by atoms with E-state index in [0.29, 0.717) is 5.56 Å². The molecule has 2 unspecified atom stereocenters. The van der Waals surface area contributed by atoms with Crippen LogP contribution in [-0.2, 0) is 11.4 Å². The second-order valence-electron chi connectivity index (χ2n) is 5.48. The van der Waals surface area contributed by atoms with Gasteiger partial charge < -0.3 is 9.29 Å². The normalized spacial score (nSPS) is 15.1. The van der Waals surface area contributed by atoms with Crippen molar-refractivity contribution in [3.05, 3.63) is 22.8 Å². The summed E-state index contributed by atoms with van der Waals surface area (Å²) in [5.74, 6) is -0.0372. The molecular weight excluding hydrogens is 322 g/mol. The molecule has 0 saturated heterocycles. The van der Waals surface area contributed by atoms with Gasteiger partial charge in [0.2, 0.25) is 5.88 Å². The number of hydrogen-bond acceptors (Lipinski definition) is 4. The quantitative estimate of drug-likeness (QED) is 0.805. The highest BCUT2D eigenvalue weighted by Gasteiger charge is 2.28. The average molecular weight is 341 g/mol. The summed E-state index contributed by atoms with van der Waals surface area (Å²) in [5.41, 5.74) is 0.696. The summed E-state index contributed by atoms with van der Waals surface area (Å²) in [6.45, 7) is 6.63. The van der Waals surface area contributed by atoms with Gasteiger partial charge in [0.1, 0.15) is 9.77 Å². The third-order valence-corrected chi connectivity index (χ3v) is 4.47. The Labute approximate surface area is 131 Å². The molecule has 0 aliphatic heterocycles. The Kier molecular flexibility index (Phi) is 6.65. The van der Waals surface area contributed by atoms with Crippen LogP contribution in [0, 0.1) is 0 Å². The zero-order valence-corrected chi connectivity index (χ0v) is 13.9. The topological polar surface area (TPSA) is 57.2 Å². The van der Waals surface area contributed by atoms with Crippen molar-refractivity contribution in [3.8, 4) is 5.88 Å². The van der Waals surface area contributed by atoms with Crippen molar-refractivity contribution in [3.63, 3.8) is 0 Å². The Balaban J connectivity index is 2.74. The van der Waals surface area contributed by atoms with E-state index in [0.717, 1.165) is 0 Å². The molecule has 0 amide bonds. The Morgan fingerprint density at radius 1 is 1.48 bits per heavy atom. The van der Waals surface area contributed by atoms with Crippen LogP contribution in [0.1, 0.15) is 39.3 Å². The largest absolute Gasteiger partial charge is 0.598 e. The Bertz CT molecular complexity index is 472. The molecule has 0 radical (unpaired) electrons. The summed E-state index contributed by atoms with van der Waals surface area (Å²) in [5, 5.41) is 0.142. The molecule has 1 heterocycles. The summed E-state index contributed by atoms with van der Waals surface area (Å²) in [4.78, 5) is 3.91. The molecule has 1 aromatic rings. The monoisotopic (exact) mass is 340 g/mol. The molecule has 2 atom stereocenters. The minimum absolute atomic E-state index is 0.0372. The fourth-order valence-electron chi connectivity index (χ4n) is 1.33. The van der Waals surface area contributed by atoms with E-state index in [1.54, 1.807) is 6.07 Å². The molecule has 4 nitrogen and oxygen atoms in total. The molecule has 8 heteroatoms. The van der Waals surface area contributed by atoms with Crippen molar-refractivity contribution in [2.45, 2.75) is 44.9 Å². The van der Waals surface area contributed by atoms with Crippen LogP contribution in [0.4, 0.5) is 8.78 Å². The zero-order chi connectivity index (χ0) is 16.2. The van der Waals surface area contributed by atoms with Crippen molar-refractivity contribution < 1.29 is 18.1 Å². The van der Waals surface area contributed by atoms with Gasteiger partial charge in [-0.2, -0.15) is 0 Å². The van der Waals surface area contributed by atoms with E-state index in [9.17, 15) is 13.3 Å². The van der Waals surface area contributed by atoms with Crippen LogP contribution >= 0.6 is 11.6 Å². The number of ether oxygens (including phenoxy) is 1. The van der Waals surface area contributed by atoms with E-state index in [4.69, 9.17) is 16.3 Å². The standard InChI is InChI=1S/C13H19ClF2N2O2S/c1-8(18-21(19)13(2,3)4)9-5-10(14)12(17-6-9)20-7-11(15)16/h5-6,8,11,18H,7H2,1-4H3. The van der Waals surface area contributed by atoms with E-state index in [-0.39, 0.29) is 16.9 Å². The maximum Gasteiger partial charge on any atom is 0.272 e. The van der Waals surface area contributed by atoms with Gasteiger partial charge >= 0.3 is 0 Å².